The van der Waals surface area contributed by atoms with Crippen LogP contribution in [0.5, 0.6) is 11.8 Å². The van der Waals surface area contributed by atoms with Crippen LogP contribution in [0.3, 0.4) is 0 Å². The van der Waals surface area contributed by atoms with E-state index in [4.69, 9.17) is 14.2 Å². The van der Waals surface area contributed by atoms with Crippen molar-refractivity contribution in [1.82, 2.24) is 15.0 Å². The van der Waals surface area contributed by atoms with Crippen LogP contribution >= 0.6 is 0 Å². The predicted octanol–water partition coefficient (Wildman–Crippen LogP) is 4.33. The SMILES string of the molecule is COc1cccc(CCOc2nc(Nc3ccc(NC(=O)c4ccccc4)cc3)nc(N3CCOCC3)n2)c1. The number of benzene rings is 3. The molecule has 0 unspecified atom stereocenters. The third-order valence-corrected chi connectivity index (χ3v) is 6.09. The molecular formula is C29H30N6O4. The standard InChI is InChI=1S/C29H30N6O4/c1-37-25-9-5-6-21(20-25)14-17-39-29-33-27(32-28(34-29)35-15-18-38-19-16-35)31-24-12-10-23(11-13-24)30-26(36)22-7-3-2-4-8-22/h2-13,20H,14-19H2,1H3,(H,30,36)(H,31,32,33,34). The molecule has 0 atom stereocenters. The van der Waals surface area contributed by atoms with E-state index >= 15 is 0 Å². The lowest BCUT2D eigenvalue weighted by molar-refractivity contribution is 0.102. The molecule has 0 radical (unpaired) electrons. The van der Waals surface area contributed by atoms with Crippen LogP contribution in [0.15, 0.2) is 78.9 Å². The van der Waals surface area contributed by atoms with E-state index in [1.165, 1.54) is 0 Å². The second-order valence-electron chi connectivity index (χ2n) is 8.81. The predicted molar refractivity (Wildman–Crippen MR) is 149 cm³/mol. The summed E-state index contributed by atoms with van der Waals surface area (Å²) < 4.78 is 16.7. The van der Waals surface area contributed by atoms with Gasteiger partial charge in [-0.3, -0.25) is 4.79 Å². The number of anilines is 4. The molecule has 0 saturated carbocycles. The molecule has 200 valence electrons. The van der Waals surface area contributed by atoms with Gasteiger partial charge in [0, 0.05) is 36.4 Å². The fourth-order valence-corrected chi connectivity index (χ4v) is 4.02. The maximum atomic E-state index is 12.4. The Morgan fingerprint density at radius 2 is 1.69 bits per heavy atom. The molecule has 4 aromatic rings. The zero-order chi connectivity index (χ0) is 26.9. The highest BCUT2D eigenvalue weighted by Gasteiger charge is 2.17. The number of methoxy groups -OCH3 is 1. The van der Waals surface area contributed by atoms with Gasteiger partial charge in [0.1, 0.15) is 5.75 Å². The third-order valence-electron chi connectivity index (χ3n) is 6.09. The molecule has 0 aliphatic carbocycles. The van der Waals surface area contributed by atoms with Crippen LogP contribution in [0.4, 0.5) is 23.3 Å². The lowest BCUT2D eigenvalue weighted by atomic mass is 10.1. The van der Waals surface area contributed by atoms with Gasteiger partial charge in [0.2, 0.25) is 11.9 Å². The summed E-state index contributed by atoms with van der Waals surface area (Å²) >= 11 is 0. The summed E-state index contributed by atoms with van der Waals surface area (Å²) in [5.74, 6) is 1.53. The molecule has 2 heterocycles. The number of hydrogen-bond acceptors (Lipinski definition) is 9. The van der Waals surface area contributed by atoms with Crippen molar-refractivity contribution in [1.29, 1.82) is 0 Å². The van der Waals surface area contributed by atoms with Gasteiger partial charge in [-0.2, -0.15) is 15.0 Å². The van der Waals surface area contributed by atoms with Gasteiger partial charge in [-0.1, -0.05) is 30.3 Å². The maximum Gasteiger partial charge on any atom is 0.323 e. The first kappa shape index (κ1) is 25.9. The van der Waals surface area contributed by atoms with E-state index in [0.717, 1.165) is 17.0 Å². The second-order valence-corrected chi connectivity index (χ2v) is 8.81. The minimum absolute atomic E-state index is 0.167. The molecule has 1 amide bonds. The van der Waals surface area contributed by atoms with Gasteiger partial charge in [-0.25, -0.2) is 0 Å². The van der Waals surface area contributed by atoms with Crippen molar-refractivity contribution in [3.8, 4) is 11.8 Å². The first-order chi connectivity index (χ1) is 19.2. The highest BCUT2D eigenvalue weighted by atomic mass is 16.5. The molecule has 2 N–H and O–H groups in total. The summed E-state index contributed by atoms with van der Waals surface area (Å²) in [6.07, 6.45) is 0.675. The average Bonchev–Trinajstić information content (AvgIpc) is 2.99. The van der Waals surface area contributed by atoms with Crippen molar-refractivity contribution in [3.63, 3.8) is 0 Å². The summed E-state index contributed by atoms with van der Waals surface area (Å²) in [4.78, 5) is 28.2. The fourth-order valence-electron chi connectivity index (χ4n) is 4.02. The Hall–Kier alpha value is -4.70. The Morgan fingerprint density at radius 1 is 0.923 bits per heavy atom. The van der Waals surface area contributed by atoms with Crippen LogP contribution in [0.2, 0.25) is 0 Å². The molecule has 3 aromatic carbocycles. The summed E-state index contributed by atoms with van der Waals surface area (Å²) in [5, 5.41) is 6.13. The zero-order valence-electron chi connectivity index (χ0n) is 21.7. The number of aromatic nitrogens is 3. The minimum Gasteiger partial charge on any atom is -0.497 e. The van der Waals surface area contributed by atoms with Crippen LogP contribution in [-0.2, 0) is 11.2 Å². The second kappa shape index (κ2) is 12.7. The first-order valence-electron chi connectivity index (χ1n) is 12.7. The largest absolute Gasteiger partial charge is 0.497 e. The van der Waals surface area contributed by atoms with Crippen LogP contribution in [0.25, 0.3) is 0 Å². The molecule has 1 fully saturated rings. The lowest BCUT2D eigenvalue weighted by Gasteiger charge is -2.27. The Kier molecular flexibility index (Phi) is 8.44. The molecule has 5 rings (SSSR count). The third kappa shape index (κ3) is 7.20. The molecule has 1 aliphatic rings. The quantitative estimate of drug-likeness (QED) is 0.312. The van der Waals surface area contributed by atoms with Crippen molar-refractivity contribution in [2.45, 2.75) is 6.42 Å². The van der Waals surface area contributed by atoms with E-state index in [9.17, 15) is 4.79 Å². The average molecular weight is 527 g/mol. The highest BCUT2D eigenvalue weighted by Crippen LogP contribution is 2.22. The van der Waals surface area contributed by atoms with E-state index < -0.39 is 0 Å². The molecule has 39 heavy (non-hydrogen) atoms. The number of rotatable bonds is 10. The minimum atomic E-state index is -0.167. The fraction of sp³-hybridized carbons (Fsp3) is 0.241. The van der Waals surface area contributed by atoms with Gasteiger partial charge in [0.25, 0.3) is 5.91 Å². The van der Waals surface area contributed by atoms with Crippen molar-refractivity contribution in [3.05, 3.63) is 90.0 Å². The number of carbonyl (C=O) groups is 1. The highest BCUT2D eigenvalue weighted by molar-refractivity contribution is 6.04. The molecule has 1 aliphatic heterocycles. The normalized spacial score (nSPS) is 13.0. The smallest absolute Gasteiger partial charge is 0.323 e. The lowest BCUT2D eigenvalue weighted by Crippen LogP contribution is -2.37. The van der Waals surface area contributed by atoms with Crippen molar-refractivity contribution < 1.29 is 19.0 Å². The zero-order valence-corrected chi connectivity index (χ0v) is 21.7. The molecular weight excluding hydrogens is 496 g/mol. The summed E-state index contributed by atoms with van der Waals surface area (Å²) in [6.45, 7) is 2.98. The van der Waals surface area contributed by atoms with Gasteiger partial charge in [0.15, 0.2) is 0 Å². The number of carbonyl (C=O) groups excluding carboxylic acids is 1. The molecule has 1 aromatic heterocycles. The first-order valence-corrected chi connectivity index (χ1v) is 12.7. The van der Waals surface area contributed by atoms with Crippen molar-refractivity contribution >= 4 is 29.2 Å². The molecule has 10 nitrogen and oxygen atoms in total. The van der Waals surface area contributed by atoms with Crippen LogP contribution in [0.1, 0.15) is 15.9 Å². The summed E-state index contributed by atoms with van der Waals surface area (Å²) in [5.41, 5.74) is 3.13. The van der Waals surface area contributed by atoms with E-state index in [1.807, 2.05) is 71.6 Å². The van der Waals surface area contributed by atoms with Gasteiger partial charge in [0.05, 0.1) is 26.9 Å². The number of nitrogens with zero attached hydrogens (tertiary/aromatic N) is 4. The maximum absolute atomic E-state index is 12.4. The van der Waals surface area contributed by atoms with Crippen LogP contribution < -0.4 is 25.0 Å². The Morgan fingerprint density at radius 3 is 2.46 bits per heavy atom. The number of nitrogens with one attached hydrogen (secondary N) is 2. The van der Waals surface area contributed by atoms with Crippen molar-refractivity contribution in [2.24, 2.45) is 0 Å². The number of morpholine rings is 1. The van der Waals surface area contributed by atoms with Crippen molar-refractivity contribution in [2.75, 3.05) is 55.6 Å². The van der Waals surface area contributed by atoms with E-state index in [2.05, 4.69) is 25.6 Å². The molecule has 10 heteroatoms. The Bertz CT molecular complexity index is 1380. The van der Waals surface area contributed by atoms with Crippen LogP contribution in [-0.4, -0.2) is 60.9 Å². The Balaban J connectivity index is 1.27. The Labute approximate surface area is 227 Å². The number of ether oxygens (including phenoxy) is 3. The summed E-state index contributed by atoms with van der Waals surface area (Å²) in [7, 11) is 1.65. The van der Waals surface area contributed by atoms with Gasteiger partial charge in [-0.05, 0) is 54.1 Å². The van der Waals surface area contributed by atoms with Gasteiger partial charge >= 0.3 is 6.01 Å². The van der Waals surface area contributed by atoms with Gasteiger partial charge < -0.3 is 29.7 Å². The van der Waals surface area contributed by atoms with E-state index in [0.29, 0.717) is 62.5 Å². The van der Waals surface area contributed by atoms with E-state index in [-0.39, 0.29) is 11.9 Å². The monoisotopic (exact) mass is 526 g/mol. The number of amides is 1. The molecule has 0 spiro atoms. The van der Waals surface area contributed by atoms with Crippen LogP contribution in [0, 0.1) is 0 Å². The molecule has 0 bridgehead atoms. The van der Waals surface area contributed by atoms with Gasteiger partial charge in [-0.15, -0.1) is 0 Å². The topological polar surface area (TPSA) is 111 Å². The summed E-state index contributed by atoms with van der Waals surface area (Å²) in [6, 6.07) is 24.5. The molecule has 1 saturated heterocycles. The number of hydrogen-bond donors (Lipinski definition) is 2. The van der Waals surface area contributed by atoms with E-state index in [1.54, 1.807) is 19.2 Å².